The largest absolute Gasteiger partial charge is 0.455 e. The van der Waals surface area contributed by atoms with Crippen LogP contribution in [0.15, 0.2) is 119 Å². The first-order valence-electron chi connectivity index (χ1n) is 29.5. The third-order valence-electron chi connectivity index (χ3n) is 17.6. The van der Waals surface area contributed by atoms with E-state index in [9.17, 15) is 62.8 Å². The molecule has 14 atom stereocenters. The predicted molar refractivity (Wildman–Crippen MR) is 323 cm³/mol. The van der Waals surface area contributed by atoms with Crippen molar-refractivity contribution in [2.75, 3.05) is 49.9 Å². The first kappa shape index (κ1) is 69.7. The highest BCUT2D eigenvalue weighted by Crippen LogP contribution is 2.64. The van der Waals surface area contributed by atoms with Crippen LogP contribution < -0.4 is 16.3 Å². The van der Waals surface area contributed by atoms with E-state index in [1.165, 1.54) is 73.5 Å². The fraction of sp³-hybridized carbons (Fsp3) is 0.492. The van der Waals surface area contributed by atoms with Crippen molar-refractivity contribution in [3.63, 3.8) is 0 Å². The molecule has 30 heteroatoms. The minimum atomic E-state index is -3.95. The van der Waals surface area contributed by atoms with Gasteiger partial charge < -0.3 is 68.4 Å². The molecule has 500 valence electrons. The number of alkyl halides is 2. The lowest BCUT2D eigenvalue weighted by Crippen LogP contribution is -2.82. The van der Waals surface area contributed by atoms with Gasteiger partial charge in [0, 0.05) is 55.4 Å². The van der Waals surface area contributed by atoms with Crippen molar-refractivity contribution < 1.29 is 110 Å². The molecule has 2 saturated carbocycles. The number of fused-ring (bicyclic) bond motifs is 5. The van der Waals surface area contributed by atoms with E-state index in [2.05, 4.69) is 15.6 Å². The second-order valence-corrected chi connectivity index (χ2v) is 26.3. The van der Waals surface area contributed by atoms with Gasteiger partial charge in [-0.05, 0) is 60.9 Å². The second kappa shape index (κ2) is 28.5. The zero-order chi connectivity index (χ0) is 67.4. The Hall–Kier alpha value is -7.68. The van der Waals surface area contributed by atoms with Crippen molar-refractivity contribution in [1.29, 1.82) is 0 Å². The molecule has 4 fully saturated rings. The van der Waals surface area contributed by atoms with Crippen molar-refractivity contribution in [2.24, 2.45) is 16.7 Å². The van der Waals surface area contributed by atoms with Gasteiger partial charge in [0.1, 0.15) is 55.1 Å². The molecule has 2 saturated heterocycles. The maximum Gasteiger partial charge on any atom is 0.412 e. The van der Waals surface area contributed by atoms with Crippen molar-refractivity contribution in [3.05, 3.63) is 142 Å². The predicted octanol–water partition coefficient (Wildman–Crippen LogP) is 4.38. The summed E-state index contributed by atoms with van der Waals surface area (Å²) >= 11 is 0. The number of aromatic nitrogens is 2. The second-order valence-electron chi connectivity index (χ2n) is 23.6. The van der Waals surface area contributed by atoms with Gasteiger partial charge in [-0.3, -0.25) is 29.1 Å². The van der Waals surface area contributed by atoms with E-state index < -0.39 is 175 Å². The molecule has 2 bridgehead atoms. The molecule has 5 aliphatic rings. The van der Waals surface area contributed by atoms with Crippen LogP contribution in [0.2, 0.25) is 0 Å². The lowest BCUT2D eigenvalue weighted by Gasteiger charge is -2.67. The first-order chi connectivity index (χ1) is 44.1. The normalized spacial score (nSPS) is 28.8. The van der Waals surface area contributed by atoms with Crippen LogP contribution in [0.5, 0.6) is 0 Å². The summed E-state index contributed by atoms with van der Waals surface area (Å²) in [6.07, 6.45) is -17.8. The summed E-state index contributed by atoms with van der Waals surface area (Å²) in [7, 11) is 2.49. The number of nitrogens with one attached hydrogen (secondary N) is 2. The van der Waals surface area contributed by atoms with Crippen LogP contribution in [-0.2, 0) is 66.6 Å². The Morgan fingerprint density at radius 1 is 0.839 bits per heavy atom. The Bertz CT molecular complexity index is 3550. The van der Waals surface area contributed by atoms with Crippen LogP contribution in [0.1, 0.15) is 92.9 Å². The highest BCUT2D eigenvalue weighted by molar-refractivity contribution is 8.76. The lowest BCUT2D eigenvalue weighted by molar-refractivity contribution is -0.346. The number of hydrogen-bond acceptors (Lipinski definition) is 25. The van der Waals surface area contributed by atoms with Crippen LogP contribution in [-0.4, -0.2) is 188 Å². The fourth-order valence-electron chi connectivity index (χ4n) is 12.9. The summed E-state index contributed by atoms with van der Waals surface area (Å²) < 4.78 is 82.2. The molecule has 2 aliphatic heterocycles. The van der Waals surface area contributed by atoms with Gasteiger partial charge in [-0.25, -0.2) is 24.0 Å². The molecule has 0 spiro atoms. The SMILES string of the molecule is CC(=O)O[C@H]1C(=O)[C@@]2(C)[C@H]([C@H](OC(=O)c3ccccc3)[C@]3(O)C[C@H](OC(=O)C(OC(=O)COCCSSCCOC(=O)Nc4ccn(C5OC(CO)C(O)C5(F)F)c(=O)n4)[C@@H](NC(=O)c4ccccc4)c4ccccc4)C(C)=C1C3(C)C)[C@]1(OC(C)=O)CO[C@@H]1C[C@@H]2O. The smallest absolute Gasteiger partial charge is 0.412 e. The van der Waals surface area contributed by atoms with E-state index in [4.69, 9.17) is 42.6 Å². The quantitative estimate of drug-likeness (QED) is 0.0197. The van der Waals surface area contributed by atoms with Crippen LogP contribution in [0.4, 0.5) is 19.4 Å². The molecule has 1 aromatic heterocycles. The molecule has 6 N–H and O–H groups in total. The van der Waals surface area contributed by atoms with Gasteiger partial charge in [-0.2, -0.15) is 13.8 Å². The molecule has 26 nitrogen and oxygen atoms in total. The number of amides is 2. The van der Waals surface area contributed by atoms with Crippen molar-refractivity contribution in [2.45, 2.75) is 133 Å². The number of ether oxygens (including phenoxy) is 9. The van der Waals surface area contributed by atoms with Crippen molar-refractivity contribution >= 4 is 75.0 Å². The minimum absolute atomic E-state index is 0.000940. The standard InChI is InChI=1S/C63H70F2N4O22S2/c1-33-39(29-62(82)52(90-54(78)38-20-14-9-15-21-38)49-60(6,41(73)28-42-61(49,32-85-42)91-35(3)72)51(76)47(86-34(2)71)45(33)59(62,4)5)87-55(79)48(46(36-16-10-7-11-17-36)68-53(77)37-18-12-8-13-19-37)89-44(74)31-83-24-26-92-93-27-25-84-58(81)67-43-22-23-69(57(80)66-43)56-63(64,65)50(75)40(30-70)88-56/h7-23,39-42,46-50,52,56,70,73,75,82H,24-32H2,1-6H3,(H,68,77)(H,66,67,80,81)/t39-,40?,41-,42+,46-,47+,48?,49-,50?,52-,56?,60+,61-,62+/m0/s1. The molecule has 4 aromatic rings. The number of halogens is 2. The van der Waals surface area contributed by atoms with E-state index in [1.807, 2.05) is 0 Å². The van der Waals surface area contributed by atoms with Gasteiger partial charge in [0.15, 0.2) is 23.6 Å². The number of aliphatic hydroxyl groups is 4. The molecule has 0 radical (unpaired) electrons. The van der Waals surface area contributed by atoms with Crippen LogP contribution in [0.25, 0.3) is 0 Å². The number of benzene rings is 3. The number of nitrogens with zero attached hydrogens (tertiary/aromatic N) is 2. The summed E-state index contributed by atoms with van der Waals surface area (Å²) in [4.78, 5) is 129. The zero-order valence-corrected chi connectivity index (χ0v) is 52.8. The minimum Gasteiger partial charge on any atom is -0.455 e. The maximum absolute atomic E-state index is 15.9. The molecule has 9 rings (SSSR count). The number of aliphatic hydroxyl groups excluding tert-OH is 3. The Morgan fingerprint density at radius 3 is 2.06 bits per heavy atom. The van der Waals surface area contributed by atoms with E-state index in [0.717, 1.165) is 26.1 Å². The molecule has 3 heterocycles. The van der Waals surface area contributed by atoms with Gasteiger partial charge in [0.2, 0.25) is 12.3 Å². The molecular weight excluding hydrogens is 1270 g/mol. The molecular formula is C63H70F2N4O22S2. The number of carbonyl (C=O) groups is 8. The third kappa shape index (κ3) is 14.0. The number of ketones is 1. The highest BCUT2D eigenvalue weighted by Gasteiger charge is 2.78. The van der Waals surface area contributed by atoms with Gasteiger partial charge in [-0.15, -0.1) is 0 Å². The highest BCUT2D eigenvalue weighted by atomic mass is 33.1. The Kier molecular flexibility index (Phi) is 21.3. The number of hydrogen-bond donors (Lipinski definition) is 6. The number of esters is 5. The molecule has 4 unspecified atom stereocenters. The summed E-state index contributed by atoms with van der Waals surface area (Å²) in [5.74, 6) is -12.4. The average Bonchev–Trinajstić information content (AvgIpc) is 1.02. The Labute approximate surface area is 538 Å². The van der Waals surface area contributed by atoms with Crippen LogP contribution >= 0.6 is 21.6 Å². The van der Waals surface area contributed by atoms with Gasteiger partial charge >= 0.3 is 47.6 Å². The molecule has 3 aromatic carbocycles. The topological polar surface area (TPSA) is 360 Å². The van der Waals surface area contributed by atoms with Gasteiger partial charge in [-0.1, -0.05) is 102 Å². The van der Waals surface area contributed by atoms with E-state index in [-0.39, 0.29) is 64.8 Å². The summed E-state index contributed by atoms with van der Waals surface area (Å²) in [5.41, 5.74) is -9.27. The fourth-order valence-corrected chi connectivity index (χ4v) is 14.6. The molecule has 3 aliphatic carbocycles. The number of Topliss-reactive ketones (excluding diaryl/α,β-unsaturated/α-hetero) is 1. The Balaban J connectivity index is 0.945. The number of anilines is 1. The number of rotatable bonds is 23. The van der Waals surface area contributed by atoms with Gasteiger partial charge in [0.25, 0.3) is 5.91 Å². The van der Waals surface area contributed by atoms with Gasteiger partial charge in [0.05, 0.1) is 42.8 Å². The summed E-state index contributed by atoms with van der Waals surface area (Å²) in [6, 6.07) is 23.0. The third-order valence-corrected chi connectivity index (χ3v) is 19.9. The van der Waals surface area contributed by atoms with E-state index >= 15 is 9.59 Å². The van der Waals surface area contributed by atoms with E-state index in [1.54, 1.807) is 66.7 Å². The van der Waals surface area contributed by atoms with Crippen LogP contribution in [0, 0.1) is 16.7 Å². The monoisotopic (exact) mass is 1340 g/mol. The zero-order valence-electron chi connectivity index (χ0n) is 51.1. The summed E-state index contributed by atoms with van der Waals surface area (Å²) in [5, 5.41) is 50.4. The first-order valence-corrected chi connectivity index (χ1v) is 32.0. The maximum atomic E-state index is 15.9. The lowest BCUT2D eigenvalue weighted by atomic mass is 9.44. The number of carbonyl (C=O) groups excluding carboxylic acids is 8. The Morgan fingerprint density at radius 2 is 1.47 bits per heavy atom. The van der Waals surface area contributed by atoms with Crippen LogP contribution in [0.3, 0.4) is 0 Å². The molecule has 93 heavy (non-hydrogen) atoms. The molecule has 2 amide bonds. The summed E-state index contributed by atoms with van der Waals surface area (Å²) in [6.45, 7) is 5.69. The van der Waals surface area contributed by atoms with Crippen molar-refractivity contribution in [3.8, 4) is 0 Å². The average molecular weight is 1340 g/mol. The van der Waals surface area contributed by atoms with Crippen molar-refractivity contribution in [1.82, 2.24) is 14.9 Å². The van der Waals surface area contributed by atoms with E-state index in [0.29, 0.717) is 4.57 Å².